The Balaban J connectivity index is 1.95. The molecular formula is C20H23NO5. The molecule has 0 saturated carbocycles. The van der Waals surface area contributed by atoms with Crippen molar-refractivity contribution in [1.82, 2.24) is 0 Å². The topological polar surface area (TPSA) is 73.9 Å². The third kappa shape index (κ3) is 5.81. The molecule has 0 radical (unpaired) electrons. The molecule has 0 saturated heterocycles. The summed E-state index contributed by atoms with van der Waals surface area (Å²) < 4.78 is 16.2. The standard InChI is InChI=1S/C20H23NO5/c1-3-12-25-17-11-10-15(13-18(17)24-4-2)20(23)26-14-19(22)21-16-8-6-5-7-9-16/h5-11,13H,3-4,12,14H2,1-2H3,(H,21,22). The molecule has 0 aliphatic carbocycles. The Kier molecular flexibility index (Phi) is 7.49. The molecule has 0 atom stereocenters. The largest absolute Gasteiger partial charge is 0.490 e. The monoisotopic (exact) mass is 357 g/mol. The van der Waals surface area contributed by atoms with E-state index in [4.69, 9.17) is 14.2 Å². The summed E-state index contributed by atoms with van der Waals surface area (Å²) in [6, 6.07) is 13.8. The first-order valence-corrected chi connectivity index (χ1v) is 8.55. The van der Waals surface area contributed by atoms with Crippen molar-refractivity contribution in [1.29, 1.82) is 0 Å². The maximum Gasteiger partial charge on any atom is 0.338 e. The fourth-order valence-corrected chi connectivity index (χ4v) is 2.17. The van der Waals surface area contributed by atoms with Gasteiger partial charge in [-0.1, -0.05) is 25.1 Å². The van der Waals surface area contributed by atoms with Crippen LogP contribution in [0.3, 0.4) is 0 Å². The lowest BCUT2D eigenvalue weighted by Crippen LogP contribution is -2.20. The lowest BCUT2D eigenvalue weighted by atomic mass is 10.2. The van der Waals surface area contributed by atoms with E-state index in [0.29, 0.717) is 36.0 Å². The predicted molar refractivity (Wildman–Crippen MR) is 98.8 cm³/mol. The first-order chi connectivity index (χ1) is 12.6. The zero-order valence-corrected chi connectivity index (χ0v) is 15.0. The number of amides is 1. The fraction of sp³-hybridized carbons (Fsp3) is 0.300. The molecule has 6 nitrogen and oxygen atoms in total. The van der Waals surface area contributed by atoms with Gasteiger partial charge in [-0.15, -0.1) is 0 Å². The maximum atomic E-state index is 12.2. The Morgan fingerprint density at radius 2 is 1.73 bits per heavy atom. The van der Waals surface area contributed by atoms with Crippen LogP contribution in [0, 0.1) is 0 Å². The minimum absolute atomic E-state index is 0.296. The zero-order valence-electron chi connectivity index (χ0n) is 15.0. The van der Waals surface area contributed by atoms with E-state index < -0.39 is 11.9 Å². The highest BCUT2D eigenvalue weighted by Gasteiger charge is 2.14. The van der Waals surface area contributed by atoms with Crippen molar-refractivity contribution in [3.8, 4) is 11.5 Å². The number of nitrogens with one attached hydrogen (secondary N) is 1. The molecule has 2 rings (SSSR count). The van der Waals surface area contributed by atoms with Crippen molar-refractivity contribution in [2.75, 3.05) is 25.1 Å². The van der Waals surface area contributed by atoms with Gasteiger partial charge in [0.25, 0.3) is 5.91 Å². The normalized spacial score (nSPS) is 10.1. The van der Waals surface area contributed by atoms with Crippen LogP contribution in [-0.4, -0.2) is 31.7 Å². The molecular weight excluding hydrogens is 334 g/mol. The van der Waals surface area contributed by atoms with Gasteiger partial charge in [0.2, 0.25) is 0 Å². The lowest BCUT2D eigenvalue weighted by Gasteiger charge is -2.13. The van der Waals surface area contributed by atoms with Crippen LogP contribution in [-0.2, 0) is 9.53 Å². The van der Waals surface area contributed by atoms with Gasteiger partial charge in [-0.3, -0.25) is 4.79 Å². The zero-order chi connectivity index (χ0) is 18.8. The molecule has 26 heavy (non-hydrogen) atoms. The second-order valence-corrected chi connectivity index (χ2v) is 5.43. The van der Waals surface area contributed by atoms with Crippen molar-refractivity contribution >= 4 is 17.6 Å². The van der Waals surface area contributed by atoms with E-state index in [2.05, 4.69) is 5.32 Å². The van der Waals surface area contributed by atoms with Crippen molar-refractivity contribution in [3.05, 3.63) is 54.1 Å². The van der Waals surface area contributed by atoms with E-state index >= 15 is 0 Å². The van der Waals surface area contributed by atoms with Crippen LogP contribution >= 0.6 is 0 Å². The van der Waals surface area contributed by atoms with Crippen LogP contribution in [0.2, 0.25) is 0 Å². The highest BCUT2D eigenvalue weighted by atomic mass is 16.5. The highest BCUT2D eigenvalue weighted by molar-refractivity contribution is 5.95. The Bertz CT molecular complexity index is 730. The summed E-state index contributed by atoms with van der Waals surface area (Å²) in [7, 11) is 0. The average Bonchev–Trinajstić information content (AvgIpc) is 2.66. The summed E-state index contributed by atoms with van der Waals surface area (Å²) >= 11 is 0. The third-order valence-corrected chi connectivity index (χ3v) is 3.33. The number of hydrogen-bond acceptors (Lipinski definition) is 5. The van der Waals surface area contributed by atoms with Gasteiger partial charge < -0.3 is 19.5 Å². The molecule has 0 bridgehead atoms. The summed E-state index contributed by atoms with van der Waals surface area (Å²) in [6.45, 7) is 4.49. The van der Waals surface area contributed by atoms with Crippen LogP contribution in [0.15, 0.2) is 48.5 Å². The van der Waals surface area contributed by atoms with E-state index in [1.165, 1.54) is 0 Å². The van der Waals surface area contributed by atoms with Gasteiger partial charge in [0, 0.05) is 5.69 Å². The van der Waals surface area contributed by atoms with Crippen molar-refractivity contribution < 1.29 is 23.8 Å². The summed E-state index contributed by atoms with van der Waals surface area (Å²) in [5, 5.41) is 2.65. The lowest BCUT2D eigenvalue weighted by molar-refractivity contribution is -0.119. The minimum Gasteiger partial charge on any atom is -0.490 e. The van der Waals surface area contributed by atoms with Gasteiger partial charge in [0.15, 0.2) is 18.1 Å². The number of para-hydroxylation sites is 1. The summed E-state index contributed by atoms with van der Waals surface area (Å²) in [5.74, 6) is 0.0462. The number of esters is 1. The molecule has 0 aliphatic heterocycles. The van der Waals surface area contributed by atoms with Crippen LogP contribution < -0.4 is 14.8 Å². The fourth-order valence-electron chi connectivity index (χ4n) is 2.17. The smallest absolute Gasteiger partial charge is 0.338 e. The van der Waals surface area contributed by atoms with Gasteiger partial charge >= 0.3 is 5.97 Å². The predicted octanol–water partition coefficient (Wildman–Crippen LogP) is 3.67. The summed E-state index contributed by atoms with van der Waals surface area (Å²) in [5.41, 5.74) is 0.939. The number of hydrogen-bond donors (Lipinski definition) is 1. The van der Waals surface area contributed by atoms with E-state index in [1.807, 2.05) is 19.9 Å². The molecule has 1 amide bonds. The Hall–Kier alpha value is -3.02. The van der Waals surface area contributed by atoms with Gasteiger partial charge in [0.05, 0.1) is 18.8 Å². The van der Waals surface area contributed by atoms with E-state index in [9.17, 15) is 9.59 Å². The Morgan fingerprint density at radius 3 is 2.42 bits per heavy atom. The molecule has 2 aromatic rings. The molecule has 0 heterocycles. The second kappa shape index (κ2) is 10.1. The van der Waals surface area contributed by atoms with Gasteiger partial charge in [-0.05, 0) is 43.7 Å². The SMILES string of the molecule is CCCOc1ccc(C(=O)OCC(=O)Nc2ccccc2)cc1OCC. The first-order valence-electron chi connectivity index (χ1n) is 8.55. The van der Waals surface area contributed by atoms with Crippen LogP contribution in [0.4, 0.5) is 5.69 Å². The van der Waals surface area contributed by atoms with Crippen molar-refractivity contribution in [2.45, 2.75) is 20.3 Å². The molecule has 0 fully saturated rings. The maximum absolute atomic E-state index is 12.2. The van der Waals surface area contributed by atoms with E-state index in [-0.39, 0.29) is 6.61 Å². The number of ether oxygens (including phenoxy) is 3. The molecule has 0 aromatic heterocycles. The first kappa shape index (κ1) is 19.3. The number of anilines is 1. The molecule has 0 unspecified atom stereocenters. The number of rotatable bonds is 9. The summed E-state index contributed by atoms with van der Waals surface area (Å²) in [4.78, 5) is 24.0. The van der Waals surface area contributed by atoms with E-state index in [0.717, 1.165) is 6.42 Å². The number of carbonyl (C=O) groups excluding carboxylic acids is 2. The Labute approximate surface area is 153 Å². The molecule has 0 spiro atoms. The highest BCUT2D eigenvalue weighted by Crippen LogP contribution is 2.29. The number of carbonyl (C=O) groups is 2. The third-order valence-electron chi connectivity index (χ3n) is 3.33. The second-order valence-electron chi connectivity index (χ2n) is 5.43. The average molecular weight is 357 g/mol. The van der Waals surface area contributed by atoms with Crippen molar-refractivity contribution in [2.24, 2.45) is 0 Å². The molecule has 0 aliphatic rings. The van der Waals surface area contributed by atoms with E-state index in [1.54, 1.807) is 42.5 Å². The minimum atomic E-state index is -0.601. The van der Waals surface area contributed by atoms with Crippen molar-refractivity contribution in [3.63, 3.8) is 0 Å². The summed E-state index contributed by atoms with van der Waals surface area (Å²) in [6.07, 6.45) is 0.867. The van der Waals surface area contributed by atoms with Gasteiger partial charge in [-0.2, -0.15) is 0 Å². The molecule has 1 N–H and O–H groups in total. The van der Waals surface area contributed by atoms with Crippen LogP contribution in [0.25, 0.3) is 0 Å². The van der Waals surface area contributed by atoms with Crippen LogP contribution in [0.1, 0.15) is 30.6 Å². The number of benzene rings is 2. The molecule has 2 aromatic carbocycles. The Morgan fingerprint density at radius 1 is 0.962 bits per heavy atom. The quantitative estimate of drug-likeness (QED) is 0.693. The molecule has 6 heteroatoms. The van der Waals surface area contributed by atoms with Gasteiger partial charge in [-0.25, -0.2) is 4.79 Å². The molecule has 138 valence electrons. The van der Waals surface area contributed by atoms with Crippen LogP contribution in [0.5, 0.6) is 11.5 Å². The van der Waals surface area contributed by atoms with Gasteiger partial charge in [0.1, 0.15) is 0 Å².